The van der Waals surface area contributed by atoms with Crippen LogP contribution in [-0.4, -0.2) is 32.6 Å². The zero-order valence-electron chi connectivity index (χ0n) is 13.8. The van der Waals surface area contributed by atoms with Crippen molar-refractivity contribution in [1.29, 1.82) is 0 Å². The van der Waals surface area contributed by atoms with Gasteiger partial charge in [-0.15, -0.1) is 0 Å². The third-order valence-corrected chi connectivity index (χ3v) is 4.43. The van der Waals surface area contributed by atoms with E-state index < -0.39 is 17.1 Å². The normalized spacial score (nSPS) is 12.7. The summed E-state index contributed by atoms with van der Waals surface area (Å²) in [6.07, 6.45) is -3.48. The van der Waals surface area contributed by atoms with Gasteiger partial charge in [0.05, 0.1) is 5.25 Å². The lowest BCUT2D eigenvalue weighted by molar-refractivity contribution is -0.141. The third kappa shape index (κ3) is 5.45. The summed E-state index contributed by atoms with van der Waals surface area (Å²) in [6, 6.07) is 10.3. The van der Waals surface area contributed by atoms with E-state index >= 15 is 0 Å². The van der Waals surface area contributed by atoms with Gasteiger partial charge in [-0.05, 0) is 25.5 Å². The number of halogens is 3. The van der Waals surface area contributed by atoms with Crippen molar-refractivity contribution in [3.05, 3.63) is 53.9 Å². The SMILES string of the molecule is CCN(Cc1ccccc1)C(=O)C(C)Sc1nccc(C(F)(F)F)n1. The van der Waals surface area contributed by atoms with Crippen molar-refractivity contribution >= 4 is 17.7 Å². The molecule has 1 unspecified atom stereocenters. The van der Waals surface area contributed by atoms with Crippen LogP contribution in [-0.2, 0) is 17.5 Å². The maximum Gasteiger partial charge on any atom is 0.433 e. The molecular formula is C17H18F3N3OS. The fraction of sp³-hybridized carbons (Fsp3) is 0.353. The van der Waals surface area contributed by atoms with Crippen molar-refractivity contribution < 1.29 is 18.0 Å². The molecule has 0 N–H and O–H groups in total. The van der Waals surface area contributed by atoms with Gasteiger partial charge in [0, 0.05) is 19.3 Å². The molecule has 0 aliphatic rings. The Bertz CT molecular complexity index is 710. The van der Waals surface area contributed by atoms with Crippen LogP contribution in [0.1, 0.15) is 25.1 Å². The molecule has 4 nitrogen and oxygen atoms in total. The maximum absolute atomic E-state index is 12.7. The van der Waals surface area contributed by atoms with Crippen LogP contribution in [0.4, 0.5) is 13.2 Å². The van der Waals surface area contributed by atoms with Crippen LogP contribution in [0.3, 0.4) is 0 Å². The van der Waals surface area contributed by atoms with Gasteiger partial charge in [-0.1, -0.05) is 42.1 Å². The number of hydrogen-bond donors (Lipinski definition) is 0. The smallest absolute Gasteiger partial charge is 0.338 e. The molecule has 0 saturated heterocycles. The number of amides is 1. The zero-order chi connectivity index (χ0) is 18.4. The largest absolute Gasteiger partial charge is 0.433 e. The van der Waals surface area contributed by atoms with Gasteiger partial charge in [0.25, 0.3) is 0 Å². The molecule has 1 heterocycles. The molecule has 0 aliphatic carbocycles. The highest BCUT2D eigenvalue weighted by atomic mass is 32.2. The van der Waals surface area contributed by atoms with Crippen LogP contribution in [0.25, 0.3) is 0 Å². The number of rotatable bonds is 6. The number of nitrogens with zero attached hydrogens (tertiary/aromatic N) is 3. The highest BCUT2D eigenvalue weighted by Gasteiger charge is 2.33. The van der Waals surface area contributed by atoms with Crippen molar-refractivity contribution in [3.8, 4) is 0 Å². The predicted octanol–water partition coefficient (Wildman–Crippen LogP) is 4.02. The van der Waals surface area contributed by atoms with E-state index in [0.717, 1.165) is 29.6 Å². The van der Waals surface area contributed by atoms with Gasteiger partial charge >= 0.3 is 6.18 Å². The topological polar surface area (TPSA) is 46.1 Å². The maximum atomic E-state index is 12.7. The molecule has 1 amide bonds. The molecule has 0 radical (unpaired) electrons. The Morgan fingerprint density at radius 2 is 1.92 bits per heavy atom. The first-order valence-electron chi connectivity index (χ1n) is 7.71. The molecule has 0 saturated carbocycles. The van der Waals surface area contributed by atoms with Crippen LogP contribution in [0.2, 0.25) is 0 Å². The molecule has 0 bridgehead atoms. The Labute approximate surface area is 148 Å². The average Bonchev–Trinajstić information content (AvgIpc) is 2.59. The van der Waals surface area contributed by atoms with Crippen molar-refractivity contribution in [2.24, 2.45) is 0 Å². The monoisotopic (exact) mass is 369 g/mol. The summed E-state index contributed by atoms with van der Waals surface area (Å²) in [7, 11) is 0. The molecule has 1 aromatic carbocycles. The average molecular weight is 369 g/mol. The lowest BCUT2D eigenvalue weighted by Gasteiger charge is -2.24. The summed E-state index contributed by atoms with van der Waals surface area (Å²) >= 11 is 0.923. The third-order valence-electron chi connectivity index (χ3n) is 3.46. The van der Waals surface area contributed by atoms with E-state index in [0.29, 0.717) is 13.1 Å². The Balaban J connectivity index is 2.06. The summed E-state index contributed by atoms with van der Waals surface area (Å²) in [5.74, 6) is -0.169. The fourth-order valence-electron chi connectivity index (χ4n) is 2.17. The van der Waals surface area contributed by atoms with Crippen LogP contribution in [0.15, 0.2) is 47.8 Å². The van der Waals surface area contributed by atoms with E-state index in [1.165, 1.54) is 0 Å². The van der Waals surface area contributed by atoms with E-state index in [2.05, 4.69) is 9.97 Å². The minimum absolute atomic E-state index is 0.0635. The Morgan fingerprint density at radius 3 is 2.52 bits per heavy atom. The van der Waals surface area contributed by atoms with Gasteiger partial charge in [0.1, 0.15) is 5.69 Å². The van der Waals surface area contributed by atoms with E-state index in [1.54, 1.807) is 11.8 Å². The van der Waals surface area contributed by atoms with E-state index in [4.69, 9.17) is 0 Å². The van der Waals surface area contributed by atoms with E-state index in [1.807, 2.05) is 37.3 Å². The molecule has 8 heteroatoms. The van der Waals surface area contributed by atoms with Crippen LogP contribution < -0.4 is 0 Å². The molecule has 0 spiro atoms. The number of thioether (sulfide) groups is 1. The quantitative estimate of drug-likeness (QED) is 0.570. The highest BCUT2D eigenvalue weighted by Crippen LogP contribution is 2.29. The lowest BCUT2D eigenvalue weighted by Crippen LogP contribution is -2.36. The van der Waals surface area contributed by atoms with Gasteiger partial charge in [-0.2, -0.15) is 13.2 Å². The van der Waals surface area contributed by atoms with Gasteiger partial charge < -0.3 is 4.90 Å². The molecule has 134 valence electrons. The summed E-state index contributed by atoms with van der Waals surface area (Å²) in [6.45, 7) is 4.45. The summed E-state index contributed by atoms with van der Waals surface area (Å²) in [5, 5.41) is -0.654. The Kier molecular flexibility index (Phi) is 6.41. The number of carbonyl (C=O) groups is 1. The molecule has 2 rings (SSSR count). The molecule has 25 heavy (non-hydrogen) atoms. The zero-order valence-corrected chi connectivity index (χ0v) is 14.6. The first-order chi connectivity index (χ1) is 11.8. The van der Waals surface area contributed by atoms with Crippen molar-refractivity contribution in [1.82, 2.24) is 14.9 Å². The summed E-state index contributed by atoms with van der Waals surface area (Å²) in [4.78, 5) is 21.6. The molecule has 2 aromatic rings. The number of benzene rings is 1. The molecular weight excluding hydrogens is 351 g/mol. The highest BCUT2D eigenvalue weighted by molar-refractivity contribution is 8.00. The van der Waals surface area contributed by atoms with E-state index in [9.17, 15) is 18.0 Å². The first-order valence-corrected chi connectivity index (χ1v) is 8.59. The standard InChI is InChI=1S/C17H18F3N3OS/c1-3-23(11-13-7-5-4-6-8-13)15(24)12(2)25-16-21-10-9-14(22-16)17(18,19)20/h4-10,12H,3,11H2,1-2H3. The van der Waals surface area contributed by atoms with Crippen LogP contribution in [0, 0.1) is 0 Å². The number of carbonyl (C=O) groups excluding carboxylic acids is 1. The second kappa shape index (κ2) is 8.33. The fourth-order valence-corrected chi connectivity index (χ4v) is 3.01. The van der Waals surface area contributed by atoms with Crippen molar-refractivity contribution in [3.63, 3.8) is 0 Å². The van der Waals surface area contributed by atoms with Gasteiger partial charge in [-0.25, -0.2) is 9.97 Å². The second-order valence-corrected chi connectivity index (χ2v) is 6.63. The number of alkyl halides is 3. The van der Waals surface area contributed by atoms with Crippen LogP contribution in [0.5, 0.6) is 0 Å². The molecule has 0 aliphatic heterocycles. The minimum atomic E-state index is -4.53. The van der Waals surface area contributed by atoms with Gasteiger partial charge in [0.15, 0.2) is 5.16 Å². The molecule has 1 aromatic heterocycles. The summed E-state index contributed by atoms with van der Waals surface area (Å²) < 4.78 is 38.1. The number of aromatic nitrogens is 2. The molecule has 0 fully saturated rings. The Hall–Kier alpha value is -2.09. The van der Waals surface area contributed by atoms with Crippen molar-refractivity contribution in [2.75, 3.05) is 6.54 Å². The van der Waals surface area contributed by atoms with Gasteiger partial charge in [-0.3, -0.25) is 4.79 Å². The van der Waals surface area contributed by atoms with Gasteiger partial charge in [0.2, 0.25) is 5.91 Å². The predicted molar refractivity (Wildman–Crippen MR) is 89.9 cm³/mol. The first kappa shape index (κ1) is 19.2. The van der Waals surface area contributed by atoms with Crippen molar-refractivity contribution in [2.45, 2.75) is 37.0 Å². The van der Waals surface area contributed by atoms with E-state index in [-0.39, 0.29) is 11.1 Å². The number of hydrogen-bond acceptors (Lipinski definition) is 4. The summed E-state index contributed by atoms with van der Waals surface area (Å²) in [5.41, 5.74) is -0.0218. The Morgan fingerprint density at radius 1 is 1.24 bits per heavy atom. The lowest BCUT2D eigenvalue weighted by atomic mass is 10.2. The minimum Gasteiger partial charge on any atom is -0.338 e. The second-order valence-electron chi connectivity index (χ2n) is 5.32. The van der Waals surface area contributed by atoms with Crippen LogP contribution >= 0.6 is 11.8 Å². The molecule has 1 atom stereocenters.